The van der Waals surface area contributed by atoms with E-state index in [2.05, 4.69) is 9.71 Å². The number of anilines is 1. The highest BCUT2D eigenvalue weighted by Gasteiger charge is 2.13. The van der Waals surface area contributed by atoms with Gasteiger partial charge in [0.05, 0.1) is 6.26 Å². The van der Waals surface area contributed by atoms with Gasteiger partial charge in [-0.3, -0.25) is 9.52 Å². The Morgan fingerprint density at radius 3 is 2.48 bits per heavy atom. The molecule has 3 aromatic rings. The standard InChI is InChI=1S/C19H17FN2O4S/c1-12-9-13(11-21-19(12)23)15-10-14(22-27(2,24)25)7-8-17(15)26-18-6-4-3-5-16(18)20/h3-11,22H,1-2H3,(H,21,23). The molecule has 0 spiro atoms. The summed E-state index contributed by atoms with van der Waals surface area (Å²) in [5, 5.41) is 0. The van der Waals surface area contributed by atoms with Gasteiger partial charge in [0.1, 0.15) is 5.75 Å². The van der Waals surface area contributed by atoms with Crippen molar-refractivity contribution in [1.29, 1.82) is 0 Å². The highest BCUT2D eigenvalue weighted by Crippen LogP contribution is 2.36. The Labute approximate surface area is 155 Å². The molecule has 27 heavy (non-hydrogen) atoms. The molecular weight excluding hydrogens is 371 g/mol. The van der Waals surface area contributed by atoms with Crippen LogP contribution in [0.2, 0.25) is 0 Å². The number of hydrogen-bond donors (Lipinski definition) is 2. The van der Waals surface area contributed by atoms with Crippen LogP contribution in [0.1, 0.15) is 5.56 Å². The van der Waals surface area contributed by atoms with Crippen molar-refractivity contribution in [2.24, 2.45) is 0 Å². The molecule has 0 unspecified atom stereocenters. The van der Waals surface area contributed by atoms with E-state index in [1.165, 1.54) is 30.5 Å². The number of H-pyrrole nitrogens is 1. The average Bonchev–Trinajstić information content (AvgIpc) is 2.59. The molecule has 0 aliphatic rings. The number of nitrogens with one attached hydrogen (secondary N) is 2. The van der Waals surface area contributed by atoms with Crippen LogP contribution in [0, 0.1) is 12.7 Å². The van der Waals surface area contributed by atoms with Crippen LogP contribution in [-0.2, 0) is 10.0 Å². The van der Waals surface area contributed by atoms with Crippen LogP contribution in [0.3, 0.4) is 0 Å². The summed E-state index contributed by atoms with van der Waals surface area (Å²) in [7, 11) is -3.48. The summed E-state index contributed by atoms with van der Waals surface area (Å²) in [6.07, 6.45) is 2.53. The Balaban J connectivity index is 2.12. The zero-order valence-corrected chi connectivity index (χ0v) is 15.4. The third kappa shape index (κ3) is 4.53. The second-order valence-electron chi connectivity index (χ2n) is 6.02. The van der Waals surface area contributed by atoms with Crippen LogP contribution >= 0.6 is 0 Å². The van der Waals surface area contributed by atoms with E-state index < -0.39 is 15.8 Å². The molecule has 6 nitrogen and oxygen atoms in total. The van der Waals surface area contributed by atoms with Crippen molar-refractivity contribution in [2.45, 2.75) is 6.92 Å². The lowest BCUT2D eigenvalue weighted by Crippen LogP contribution is -2.10. The van der Waals surface area contributed by atoms with E-state index in [-0.39, 0.29) is 11.3 Å². The largest absolute Gasteiger partial charge is 0.454 e. The maximum atomic E-state index is 14.0. The predicted molar refractivity (Wildman–Crippen MR) is 102 cm³/mol. The number of rotatable bonds is 5. The van der Waals surface area contributed by atoms with Gasteiger partial charge in [0.15, 0.2) is 11.6 Å². The first-order valence-corrected chi connectivity index (χ1v) is 9.86. The summed E-state index contributed by atoms with van der Waals surface area (Å²) in [4.78, 5) is 14.3. The molecule has 8 heteroatoms. The van der Waals surface area contributed by atoms with E-state index in [4.69, 9.17) is 4.74 Å². The molecule has 140 valence electrons. The van der Waals surface area contributed by atoms with E-state index in [1.54, 1.807) is 31.2 Å². The van der Waals surface area contributed by atoms with Crippen molar-refractivity contribution in [3.05, 3.63) is 76.5 Å². The fraction of sp³-hybridized carbons (Fsp3) is 0.105. The second kappa shape index (κ2) is 7.24. The highest BCUT2D eigenvalue weighted by molar-refractivity contribution is 7.92. The van der Waals surface area contributed by atoms with Crippen molar-refractivity contribution in [2.75, 3.05) is 11.0 Å². The number of aromatic amines is 1. The first-order valence-electron chi connectivity index (χ1n) is 7.97. The number of hydrogen-bond acceptors (Lipinski definition) is 4. The van der Waals surface area contributed by atoms with Crippen LogP contribution in [0.5, 0.6) is 11.5 Å². The minimum absolute atomic E-state index is 0.0312. The van der Waals surface area contributed by atoms with Gasteiger partial charge in [0.25, 0.3) is 5.56 Å². The normalized spacial score (nSPS) is 11.2. The van der Waals surface area contributed by atoms with E-state index in [1.807, 2.05) is 0 Å². The minimum Gasteiger partial charge on any atom is -0.454 e. The molecule has 1 heterocycles. The summed E-state index contributed by atoms with van der Waals surface area (Å²) in [5.41, 5.74) is 1.64. The lowest BCUT2D eigenvalue weighted by atomic mass is 10.0. The maximum absolute atomic E-state index is 14.0. The van der Waals surface area contributed by atoms with Crippen LogP contribution in [0.15, 0.2) is 59.5 Å². The van der Waals surface area contributed by atoms with Crippen LogP contribution in [-0.4, -0.2) is 19.7 Å². The van der Waals surface area contributed by atoms with Gasteiger partial charge in [0, 0.05) is 28.6 Å². The second-order valence-corrected chi connectivity index (χ2v) is 7.77. The van der Waals surface area contributed by atoms with Gasteiger partial charge >= 0.3 is 0 Å². The van der Waals surface area contributed by atoms with Crippen LogP contribution in [0.4, 0.5) is 10.1 Å². The Morgan fingerprint density at radius 1 is 1.07 bits per heavy atom. The molecule has 0 aliphatic carbocycles. The molecule has 3 rings (SSSR count). The Hall–Kier alpha value is -3.13. The van der Waals surface area contributed by atoms with Crippen molar-refractivity contribution in [3.8, 4) is 22.6 Å². The molecule has 1 aromatic heterocycles. The van der Waals surface area contributed by atoms with Gasteiger partial charge in [-0.05, 0) is 43.3 Å². The zero-order valence-electron chi connectivity index (χ0n) is 14.6. The number of para-hydroxylation sites is 1. The molecule has 0 amide bonds. The summed E-state index contributed by atoms with van der Waals surface area (Å²) in [5.74, 6) is -0.186. The Bertz CT molecular complexity index is 1160. The van der Waals surface area contributed by atoms with Gasteiger partial charge in [0.2, 0.25) is 10.0 Å². The molecule has 0 saturated carbocycles. The quantitative estimate of drug-likeness (QED) is 0.698. The number of sulfonamides is 1. The zero-order chi connectivity index (χ0) is 19.6. The summed E-state index contributed by atoms with van der Waals surface area (Å²) in [6.45, 7) is 1.65. The van der Waals surface area contributed by atoms with Gasteiger partial charge in [-0.15, -0.1) is 0 Å². The minimum atomic E-state index is -3.48. The van der Waals surface area contributed by atoms with Crippen molar-refractivity contribution in [1.82, 2.24) is 4.98 Å². The molecular formula is C19H17FN2O4S. The number of aryl methyl sites for hydroxylation is 1. The van der Waals surface area contributed by atoms with Gasteiger partial charge < -0.3 is 9.72 Å². The van der Waals surface area contributed by atoms with Crippen molar-refractivity contribution < 1.29 is 17.5 Å². The van der Waals surface area contributed by atoms with Crippen LogP contribution in [0.25, 0.3) is 11.1 Å². The van der Waals surface area contributed by atoms with Crippen LogP contribution < -0.4 is 15.0 Å². The molecule has 0 aliphatic heterocycles. The number of pyridine rings is 1. The molecule has 2 N–H and O–H groups in total. The van der Waals surface area contributed by atoms with Gasteiger partial charge in [-0.2, -0.15) is 0 Å². The summed E-state index contributed by atoms with van der Waals surface area (Å²) >= 11 is 0. The Morgan fingerprint density at radius 2 is 1.81 bits per heavy atom. The van der Waals surface area contributed by atoms with E-state index in [9.17, 15) is 17.6 Å². The predicted octanol–water partition coefficient (Wildman–Crippen LogP) is 3.65. The summed E-state index contributed by atoms with van der Waals surface area (Å²) < 4.78 is 45.1. The van der Waals surface area contributed by atoms with Gasteiger partial charge in [-0.1, -0.05) is 12.1 Å². The van der Waals surface area contributed by atoms with Crippen molar-refractivity contribution >= 4 is 15.7 Å². The molecule has 0 radical (unpaired) electrons. The number of ether oxygens (including phenoxy) is 1. The molecule has 0 saturated heterocycles. The van der Waals surface area contributed by atoms with Gasteiger partial charge in [-0.25, -0.2) is 12.8 Å². The third-order valence-corrected chi connectivity index (χ3v) is 4.35. The lowest BCUT2D eigenvalue weighted by molar-refractivity contribution is 0.443. The molecule has 0 fully saturated rings. The first kappa shape index (κ1) is 18.7. The first-order chi connectivity index (χ1) is 12.7. The van der Waals surface area contributed by atoms with E-state index in [0.717, 1.165) is 6.26 Å². The van der Waals surface area contributed by atoms with Crippen molar-refractivity contribution in [3.63, 3.8) is 0 Å². The fourth-order valence-electron chi connectivity index (χ4n) is 2.52. The number of benzene rings is 2. The fourth-order valence-corrected chi connectivity index (χ4v) is 3.08. The number of aromatic nitrogens is 1. The molecule has 2 aromatic carbocycles. The lowest BCUT2D eigenvalue weighted by Gasteiger charge is -2.14. The summed E-state index contributed by atoms with van der Waals surface area (Å²) in [6, 6.07) is 12.2. The maximum Gasteiger partial charge on any atom is 0.250 e. The SMILES string of the molecule is Cc1cc(-c2cc(NS(C)(=O)=O)ccc2Oc2ccccc2F)c[nH]c1=O. The highest BCUT2D eigenvalue weighted by atomic mass is 32.2. The average molecular weight is 388 g/mol. The third-order valence-electron chi connectivity index (χ3n) is 3.74. The molecule has 0 atom stereocenters. The Kier molecular flexibility index (Phi) is 5.00. The topological polar surface area (TPSA) is 88.3 Å². The smallest absolute Gasteiger partial charge is 0.250 e. The van der Waals surface area contributed by atoms with E-state index in [0.29, 0.717) is 28.1 Å². The molecule has 0 bridgehead atoms. The van der Waals surface area contributed by atoms with E-state index >= 15 is 0 Å². The number of halogens is 1. The monoisotopic (exact) mass is 388 g/mol.